The third kappa shape index (κ3) is 5.71. The fourth-order valence-electron chi connectivity index (χ4n) is 2.35. The Morgan fingerprint density at radius 1 is 1.04 bits per heavy atom. The third-order valence-corrected chi connectivity index (χ3v) is 5.50. The molecular weight excluding hydrogens is 385 g/mol. The Morgan fingerprint density at radius 2 is 1.61 bits per heavy atom. The molecule has 1 N–H and O–H groups in total. The average molecular weight is 407 g/mol. The molecule has 1 atom stereocenters. The van der Waals surface area contributed by atoms with Gasteiger partial charge in [0.2, 0.25) is 10.0 Å². The maximum Gasteiger partial charge on any atom is 0.324 e. The lowest BCUT2D eigenvalue weighted by molar-refractivity contribution is -0.145. The van der Waals surface area contributed by atoms with Gasteiger partial charge < -0.3 is 4.74 Å². The number of ether oxygens (including phenoxy) is 1. The van der Waals surface area contributed by atoms with Crippen LogP contribution in [0.1, 0.15) is 29.8 Å². The predicted octanol–water partition coefficient (Wildman–Crippen LogP) is 2.86. The van der Waals surface area contributed by atoms with Crippen molar-refractivity contribution in [2.24, 2.45) is 5.92 Å². The molecule has 0 saturated heterocycles. The Balaban J connectivity index is 2.06. The Bertz CT molecular complexity index is 938. The Hall–Kier alpha value is -2.58. The first-order chi connectivity index (χ1) is 13.1. The summed E-state index contributed by atoms with van der Waals surface area (Å²) in [5, 5.41) is 0. The number of aryl methyl sites for hydroxylation is 1. The summed E-state index contributed by atoms with van der Waals surface area (Å²) in [6, 6.07) is 9.85. The Morgan fingerprint density at radius 3 is 2.14 bits per heavy atom. The van der Waals surface area contributed by atoms with Crippen molar-refractivity contribution in [3.8, 4) is 0 Å². The largest absolute Gasteiger partial charge is 0.456 e. The van der Waals surface area contributed by atoms with Crippen molar-refractivity contribution in [1.29, 1.82) is 0 Å². The molecule has 0 radical (unpaired) electrons. The molecule has 0 saturated carbocycles. The SMILES string of the molecule is Cc1ccc(S(=O)(=O)N[C@H](C(=O)OCC(=O)c2ccc(F)cc2)C(C)C)cc1. The summed E-state index contributed by atoms with van der Waals surface area (Å²) in [5.41, 5.74) is 1.09. The summed E-state index contributed by atoms with van der Waals surface area (Å²) in [7, 11) is -3.94. The van der Waals surface area contributed by atoms with Crippen LogP contribution >= 0.6 is 0 Å². The van der Waals surface area contributed by atoms with E-state index < -0.39 is 46.2 Å². The van der Waals surface area contributed by atoms with Crippen LogP contribution in [0.15, 0.2) is 53.4 Å². The maximum atomic E-state index is 12.9. The molecule has 150 valence electrons. The van der Waals surface area contributed by atoms with Gasteiger partial charge >= 0.3 is 5.97 Å². The van der Waals surface area contributed by atoms with Crippen molar-refractivity contribution in [1.82, 2.24) is 4.72 Å². The number of sulfonamides is 1. The van der Waals surface area contributed by atoms with Crippen LogP contribution in [0.2, 0.25) is 0 Å². The summed E-state index contributed by atoms with van der Waals surface area (Å²) in [6.45, 7) is 4.58. The number of halogens is 1. The van der Waals surface area contributed by atoms with Crippen molar-refractivity contribution in [2.45, 2.75) is 31.7 Å². The lowest BCUT2D eigenvalue weighted by Gasteiger charge is -2.20. The number of hydrogen-bond acceptors (Lipinski definition) is 5. The third-order valence-electron chi connectivity index (χ3n) is 4.05. The first-order valence-electron chi connectivity index (χ1n) is 8.64. The summed E-state index contributed by atoms with van der Waals surface area (Å²) in [6.07, 6.45) is 0. The summed E-state index contributed by atoms with van der Waals surface area (Å²) < 4.78 is 45.3. The predicted molar refractivity (Wildman–Crippen MR) is 102 cm³/mol. The second kappa shape index (κ2) is 9.07. The number of esters is 1. The van der Waals surface area contributed by atoms with Crippen LogP contribution in [-0.4, -0.2) is 32.8 Å². The van der Waals surface area contributed by atoms with Gasteiger partial charge in [0.25, 0.3) is 0 Å². The van der Waals surface area contributed by atoms with Gasteiger partial charge in [-0.3, -0.25) is 9.59 Å². The van der Waals surface area contributed by atoms with Gasteiger partial charge in [0.1, 0.15) is 11.9 Å². The van der Waals surface area contributed by atoms with E-state index in [4.69, 9.17) is 4.74 Å². The standard InChI is InChI=1S/C20H22FNO5S/c1-13(2)19(22-28(25,26)17-10-4-14(3)5-11-17)20(24)27-12-18(23)15-6-8-16(21)9-7-15/h4-11,13,19,22H,12H2,1-3H3/t19-/m0/s1. The molecule has 2 rings (SSSR count). The zero-order chi connectivity index (χ0) is 20.9. The van der Waals surface area contributed by atoms with E-state index in [1.807, 2.05) is 6.92 Å². The highest BCUT2D eigenvalue weighted by Crippen LogP contribution is 2.14. The van der Waals surface area contributed by atoms with E-state index in [0.717, 1.165) is 17.7 Å². The molecule has 0 bridgehead atoms. The van der Waals surface area contributed by atoms with E-state index in [0.29, 0.717) is 0 Å². The van der Waals surface area contributed by atoms with E-state index >= 15 is 0 Å². The van der Waals surface area contributed by atoms with E-state index in [1.165, 1.54) is 24.3 Å². The zero-order valence-electron chi connectivity index (χ0n) is 15.8. The molecule has 0 aromatic heterocycles. The van der Waals surface area contributed by atoms with Gasteiger partial charge in [-0.2, -0.15) is 4.72 Å². The van der Waals surface area contributed by atoms with E-state index in [9.17, 15) is 22.4 Å². The fourth-order valence-corrected chi connectivity index (χ4v) is 3.69. The van der Waals surface area contributed by atoms with E-state index in [-0.39, 0.29) is 10.5 Å². The lowest BCUT2D eigenvalue weighted by Crippen LogP contribution is -2.45. The molecule has 0 fully saturated rings. The number of carbonyl (C=O) groups excluding carboxylic acids is 2. The minimum atomic E-state index is -3.94. The minimum Gasteiger partial charge on any atom is -0.456 e. The maximum absolute atomic E-state index is 12.9. The quantitative estimate of drug-likeness (QED) is 0.537. The number of ketones is 1. The molecule has 0 aliphatic rings. The van der Waals surface area contributed by atoms with E-state index in [1.54, 1.807) is 26.0 Å². The molecule has 2 aromatic carbocycles. The fraction of sp³-hybridized carbons (Fsp3) is 0.300. The van der Waals surface area contributed by atoms with Crippen LogP contribution in [0, 0.1) is 18.7 Å². The summed E-state index contributed by atoms with van der Waals surface area (Å²) in [5.74, 6) is -2.27. The summed E-state index contributed by atoms with van der Waals surface area (Å²) in [4.78, 5) is 24.5. The molecule has 0 heterocycles. The van der Waals surface area contributed by atoms with Crippen LogP contribution in [0.4, 0.5) is 4.39 Å². The first kappa shape index (κ1) is 21.7. The van der Waals surface area contributed by atoms with Crippen LogP contribution in [-0.2, 0) is 19.6 Å². The minimum absolute atomic E-state index is 0.0268. The first-order valence-corrected chi connectivity index (χ1v) is 10.1. The van der Waals surface area contributed by atoms with Crippen molar-refractivity contribution in [2.75, 3.05) is 6.61 Å². The molecule has 0 aliphatic carbocycles. The molecule has 6 nitrogen and oxygen atoms in total. The van der Waals surface area contributed by atoms with Crippen LogP contribution in [0.5, 0.6) is 0 Å². The molecule has 0 spiro atoms. The van der Waals surface area contributed by atoms with Crippen molar-refractivity contribution in [3.63, 3.8) is 0 Å². The van der Waals surface area contributed by atoms with Gasteiger partial charge in [-0.1, -0.05) is 31.5 Å². The van der Waals surface area contributed by atoms with Crippen molar-refractivity contribution in [3.05, 3.63) is 65.5 Å². The van der Waals surface area contributed by atoms with Crippen LogP contribution in [0.25, 0.3) is 0 Å². The smallest absolute Gasteiger partial charge is 0.324 e. The van der Waals surface area contributed by atoms with Gasteiger partial charge in [0.15, 0.2) is 12.4 Å². The van der Waals surface area contributed by atoms with E-state index in [2.05, 4.69) is 4.72 Å². The second-order valence-corrected chi connectivity index (χ2v) is 8.41. The molecule has 0 aliphatic heterocycles. The number of hydrogen-bond donors (Lipinski definition) is 1. The Labute approximate surface area is 163 Å². The van der Waals surface area contributed by atoms with Crippen LogP contribution in [0.3, 0.4) is 0 Å². The highest BCUT2D eigenvalue weighted by atomic mass is 32.2. The molecule has 0 amide bonds. The zero-order valence-corrected chi connectivity index (χ0v) is 16.6. The van der Waals surface area contributed by atoms with Gasteiger partial charge in [-0.25, -0.2) is 12.8 Å². The lowest BCUT2D eigenvalue weighted by atomic mass is 10.1. The summed E-state index contributed by atoms with van der Waals surface area (Å²) >= 11 is 0. The number of carbonyl (C=O) groups is 2. The van der Waals surface area contributed by atoms with Crippen molar-refractivity contribution < 1.29 is 27.1 Å². The molecule has 2 aromatic rings. The molecule has 28 heavy (non-hydrogen) atoms. The highest BCUT2D eigenvalue weighted by Gasteiger charge is 2.30. The second-order valence-electron chi connectivity index (χ2n) is 6.69. The number of rotatable bonds is 8. The molecular formula is C20H22FNO5S. The molecule has 0 unspecified atom stereocenters. The van der Waals surface area contributed by atoms with Crippen molar-refractivity contribution >= 4 is 21.8 Å². The monoisotopic (exact) mass is 407 g/mol. The van der Waals surface area contributed by atoms with Gasteiger partial charge in [-0.05, 0) is 49.2 Å². The topological polar surface area (TPSA) is 89.5 Å². The van der Waals surface area contributed by atoms with Gasteiger partial charge in [0, 0.05) is 5.56 Å². The molecule has 8 heteroatoms. The Kier molecular flexibility index (Phi) is 7.04. The number of Topliss-reactive ketones (excluding diaryl/α,β-unsaturated/α-hetero) is 1. The normalized spacial score (nSPS) is 12.6. The number of nitrogens with one attached hydrogen (secondary N) is 1. The number of benzene rings is 2. The highest BCUT2D eigenvalue weighted by molar-refractivity contribution is 7.89. The van der Waals surface area contributed by atoms with Gasteiger partial charge in [0.05, 0.1) is 4.90 Å². The average Bonchev–Trinajstić information content (AvgIpc) is 2.64. The van der Waals surface area contributed by atoms with Crippen LogP contribution < -0.4 is 4.72 Å². The van der Waals surface area contributed by atoms with Gasteiger partial charge in [-0.15, -0.1) is 0 Å².